The SMILES string of the molecule is Cn1cc(CCC(N)c2ccc(F)c(Cl)c2)cn1. The van der Waals surface area contributed by atoms with E-state index in [1.54, 1.807) is 16.8 Å². The van der Waals surface area contributed by atoms with Crippen LogP contribution in [0.5, 0.6) is 0 Å². The molecule has 1 aromatic heterocycles. The maximum absolute atomic E-state index is 13.0. The van der Waals surface area contributed by atoms with Crippen molar-refractivity contribution in [3.05, 3.63) is 52.6 Å². The molecule has 2 N–H and O–H groups in total. The zero-order valence-electron chi connectivity index (χ0n) is 10.1. The van der Waals surface area contributed by atoms with Crippen LogP contribution >= 0.6 is 11.6 Å². The Bertz CT molecular complexity index is 539. The molecule has 3 nitrogen and oxygen atoms in total. The molecule has 1 aromatic carbocycles. The maximum atomic E-state index is 13.0. The normalized spacial score (nSPS) is 12.7. The molecule has 0 fully saturated rings. The van der Waals surface area contributed by atoms with Gasteiger partial charge in [0, 0.05) is 19.3 Å². The molecule has 0 spiro atoms. The predicted molar refractivity (Wildman–Crippen MR) is 69.9 cm³/mol. The molecule has 0 bridgehead atoms. The second-order valence-electron chi connectivity index (χ2n) is 4.34. The first-order valence-corrected chi connectivity index (χ1v) is 6.12. The fourth-order valence-electron chi connectivity index (χ4n) is 1.83. The third-order valence-corrected chi connectivity index (χ3v) is 3.16. The summed E-state index contributed by atoms with van der Waals surface area (Å²) in [5, 5.41) is 4.21. The van der Waals surface area contributed by atoms with Gasteiger partial charge in [-0.05, 0) is 36.1 Å². The number of nitrogens with zero attached hydrogens (tertiary/aromatic N) is 2. The summed E-state index contributed by atoms with van der Waals surface area (Å²) in [5.74, 6) is -0.417. The van der Waals surface area contributed by atoms with Crippen LogP contribution in [0.3, 0.4) is 0 Å². The van der Waals surface area contributed by atoms with Gasteiger partial charge in [-0.2, -0.15) is 5.10 Å². The van der Waals surface area contributed by atoms with E-state index in [9.17, 15) is 4.39 Å². The highest BCUT2D eigenvalue weighted by Crippen LogP contribution is 2.22. The van der Waals surface area contributed by atoms with Gasteiger partial charge in [0.15, 0.2) is 0 Å². The van der Waals surface area contributed by atoms with Crippen LogP contribution in [0, 0.1) is 5.82 Å². The molecule has 0 aliphatic heterocycles. The molecule has 0 aliphatic rings. The van der Waals surface area contributed by atoms with Crippen LogP contribution < -0.4 is 5.73 Å². The Morgan fingerprint density at radius 2 is 2.28 bits per heavy atom. The van der Waals surface area contributed by atoms with Crippen molar-refractivity contribution in [2.45, 2.75) is 18.9 Å². The highest BCUT2D eigenvalue weighted by atomic mass is 35.5. The fourth-order valence-corrected chi connectivity index (χ4v) is 2.02. The van der Waals surface area contributed by atoms with Crippen LogP contribution in [0.15, 0.2) is 30.6 Å². The smallest absolute Gasteiger partial charge is 0.141 e. The lowest BCUT2D eigenvalue weighted by atomic mass is 10.0. The minimum atomic E-state index is -0.417. The third kappa shape index (κ3) is 3.09. The van der Waals surface area contributed by atoms with Gasteiger partial charge in [-0.1, -0.05) is 17.7 Å². The lowest BCUT2D eigenvalue weighted by Crippen LogP contribution is -2.11. The monoisotopic (exact) mass is 267 g/mol. The number of halogens is 2. The van der Waals surface area contributed by atoms with Crippen molar-refractivity contribution < 1.29 is 4.39 Å². The highest BCUT2D eigenvalue weighted by molar-refractivity contribution is 6.30. The van der Waals surface area contributed by atoms with E-state index in [-0.39, 0.29) is 11.1 Å². The van der Waals surface area contributed by atoms with Gasteiger partial charge in [0.2, 0.25) is 0 Å². The third-order valence-electron chi connectivity index (χ3n) is 2.87. The molecule has 0 amide bonds. The average molecular weight is 268 g/mol. The van der Waals surface area contributed by atoms with Crippen molar-refractivity contribution in [1.82, 2.24) is 9.78 Å². The number of aromatic nitrogens is 2. The molecule has 2 rings (SSSR count). The van der Waals surface area contributed by atoms with Crippen molar-refractivity contribution in [2.24, 2.45) is 12.8 Å². The van der Waals surface area contributed by atoms with Crippen molar-refractivity contribution in [1.29, 1.82) is 0 Å². The molecular weight excluding hydrogens is 253 g/mol. The Balaban J connectivity index is 1.99. The van der Waals surface area contributed by atoms with Crippen LogP contribution in [0.2, 0.25) is 5.02 Å². The molecule has 0 saturated heterocycles. The van der Waals surface area contributed by atoms with E-state index in [4.69, 9.17) is 17.3 Å². The summed E-state index contributed by atoms with van der Waals surface area (Å²) in [5.41, 5.74) is 8.05. The Morgan fingerprint density at radius 1 is 1.50 bits per heavy atom. The van der Waals surface area contributed by atoms with E-state index in [1.165, 1.54) is 6.07 Å². The zero-order valence-corrected chi connectivity index (χ0v) is 10.9. The maximum Gasteiger partial charge on any atom is 0.141 e. The van der Waals surface area contributed by atoms with Crippen LogP contribution in [0.25, 0.3) is 0 Å². The Kier molecular flexibility index (Phi) is 3.99. The number of benzene rings is 1. The van der Waals surface area contributed by atoms with Gasteiger partial charge in [-0.25, -0.2) is 4.39 Å². The van der Waals surface area contributed by atoms with Gasteiger partial charge in [-0.15, -0.1) is 0 Å². The predicted octanol–water partition coefficient (Wildman–Crippen LogP) is 2.85. The second-order valence-corrected chi connectivity index (χ2v) is 4.75. The van der Waals surface area contributed by atoms with Gasteiger partial charge in [0.1, 0.15) is 5.82 Å². The van der Waals surface area contributed by atoms with Crippen LogP contribution in [-0.4, -0.2) is 9.78 Å². The van der Waals surface area contributed by atoms with Gasteiger partial charge >= 0.3 is 0 Å². The lowest BCUT2D eigenvalue weighted by Gasteiger charge is -2.11. The van der Waals surface area contributed by atoms with Crippen molar-refractivity contribution in [2.75, 3.05) is 0 Å². The minimum absolute atomic E-state index is 0.115. The standard InChI is InChI=1S/C13H15ClFN3/c1-18-8-9(7-17-18)2-5-13(16)10-3-4-12(15)11(14)6-10/h3-4,6-8,13H,2,5,16H2,1H3. The fraction of sp³-hybridized carbons (Fsp3) is 0.308. The number of hydrogen-bond donors (Lipinski definition) is 1. The average Bonchev–Trinajstić information content (AvgIpc) is 2.75. The molecule has 0 saturated carbocycles. The summed E-state index contributed by atoms with van der Waals surface area (Å²) < 4.78 is 14.8. The molecule has 0 aliphatic carbocycles. The van der Waals surface area contributed by atoms with Gasteiger partial charge in [-0.3, -0.25) is 4.68 Å². The highest BCUT2D eigenvalue weighted by Gasteiger charge is 2.09. The summed E-state index contributed by atoms with van der Waals surface area (Å²) in [6, 6.07) is 4.46. The molecule has 96 valence electrons. The summed E-state index contributed by atoms with van der Waals surface area (Å²) >= 11 is 5.73. The molecule has 2 aromatic rings. The van der Waals surface area contributed by atoms with Crippen molar-refractivity contribution >= 4 is 11.6 Å². The summed E-state index contributed by atoms with van der Waals surface area (Å²) in [4.78, 5) is 0. The Hall–Kier alpha value is -1.39. The zero-order chi connectivity index (χ0) is 13.1. The van der Waals surface area contributed by atoms with E-state index in [2.05, 4.69) is 5.10 Å². The van der Waals surface area contributed by atoms with E-state index in [1.807, 2.05) is 19.4 Å². The first kappa shape index (κ1) is 13.1. The molecular formula is C13H15ClFN3. The summed E-state index contributed by atoms with van der Waals surface area (Å²) in [6.45, 7) is 0. The molecule has 1 unspecified atom stereocenters. The molecule has 1 heterocycles. The molecule has 1 atom stereocenters. The summed E-state index contributed by atoms with van der Waals surface area (Å²) in [6.07, 6.45) is 5.40. The van der Waals surface area contributed by atoms with E-state index >= 15 is 0 Å². The van der Waals surface area contributed by atoms with Crippen LogP contribution in [-0.2, 0) is 13.5 Å². The van der Waals surface area contributed by atoms with Gasteiger partial charge < -0.3 is 5.73 Å². The van der Waals surface area contributed by atoms with Gasteiger partial charge in [0.25, 0.3) is 0 Å². The molecule has 0 radical (unpaired) electrons. The first-order valence-electron chi connectivity index (χ1n) is 5.74. The number of rotatable bonds is 4. The topological polar surface area (TPSA) is 43.8 Å². The van der Waals surface area contributed by atoms with E-state index in [0.717, 1.165) is 24.0 Å². The van der Waals surface area contributed by atoms with E-state index in [0.29, 0.717) is 0 Å². The molecule has 5 heteroatoms. The van der Waals surface area contributed by atoms with Crippen LogP contribution in [0.1, 0.15) is 23.6 Å². The minimum Gasteiger partial charge on any atom is -0.324 e. The van der Waals surface area contributed by atoms with Crippen molar-refractivity contribution in [3.63, 3.8) is 0 Å². The largest absolute Gasteiger partial charge is 0.324 e. The van der Waals surface area contributed by atoms with Gasteiger partial charge in [0.05, 0.1) is 11.2 Å². The summed E-state index contributed by atoms with van der Waals surface area (Å²) in [7, 11) is 1.88. The van der Waals surface area contributed by atoms with E-state index < -0.39 is 5.82 Å². The number of hydrogen-bond acceptors (Lipinski definition) is 2. The number of aryl methyl sites for hydroxylation is 2. The number of nitrogens with two attached hydrogens (primary N) is 1. The lowest BCUT2D eigenvalue weighted by molar-refractivity contribution is 0.619. The first-order chi connectivity index (χ1) is 8.56. The Labute approximate surface area is 110 Å². The Morgan fingerprint density at radius 3 is 2.89 bits per heavy atom. The second kappa shape index (κ2) is 5.50. The quantitative estimate of drug-likeness (QED) is 0.926. The van der Waals surface area contributed by atoms with Crippen molar-refractivity contribution in [3.8, 4) is 0 Å². The van der Waals surface area contributed by atoms with Crippen LogP contribution in [0.4, 0.5) is 4.39 Å². The molecule has 18 heavy (non-hydrogen) atoms.